The molecule has 0 aromatic heterocycles. The number of aryl methyl sites for hydroxylation is 1. The molecular formula is C14H13BrN2O2. The number of anilines is 2. The average molecular weight is 321 g/mol. The summed E-state index contributed by atoms with van der Waals surface area (Å²) < 4.78 is 0.541. The van der Waals surface area contributed by atoms with Crippen LogP contribution < -0.4 is 11.1 Å². The smallest absolute Gasteiger partial charge is 0.255 e. The normalized spacial score (nSPS) is 10.2. The molecule has 0 aliphatic rings. The van der Waals surface area contributed by atoms with Crippen LogP contribution in [0.1, 0.15) is 15.9 Å². The van der Waals surface area contributed by atoms with Crippen molar-refractivity contribution in [1.29, 1.82) is 0 Å². The highest BCUT2D eigenvalue weighted by molar-refractivity contribution is 9.10. The van der Waals surface area contributed by atoms with Crippen LogP contribution in [0, 0.1) is 6.92 Å². The summed E-state index contributed by atoms with van der Waals surface area (Å²) in [6.45, 7) is 1.87. The van der Waals surface area contributed by atoms with Crippen LogP contribution >= 0.6 is 15.9 Å². The molecule has 2 aromatic rings. The molecule has 0 saturated carbocycles. The Balaban J connectivity index is 2.28. The van der Waals surface area contributed by atoms with Crippen molar-refractivity contribution in [2.75, 3.05) is 11.1 Å². The summed E-state index contributed by atoms with van der Waals surface area (Å²) in [5, 5.41) is 12.3. The van der Waals surface area contributed by atoms with Crippen molar-refractivity contribution in [2.45, 2.75) is 6.92 Å². The largest absolute Gasteiger partial charge is 0.507 e. The molecule has 0 atom stereocenters. The van der Waals surface area contributed by atoms with Gasteiger partial charge < -0.3 is 16.2 Å². The third-order valence-corrected chi connectivity index (χ3v) is 3.42. The minimum absolute atomic E-state index is 0.0189. The number of para-hydroxylation sites is 1. The van der Waals surface area contributed by atoms with Crippen LogP contribution in [0.25, 0.3) is 0 Å². The molecule has 19 heavy (non-hydrogen) atoms. The van der Waals surface area contributed by atoms with Gasteiger partial charge in [0.25, 0.3) is 5.91 Å². The molecule has 4 nitrogen and oxygen atoms in total. The fraction of sp³-hybridized carbons (Fsp3) is 0.0714. The third-order valence-electron chi connectivity index (χ3n) is 2.75. The maximum Gasteiger partial charge on any atom is 0.255 e. The number of phenolic OH excluding ortho intramolecular Hbond substituents is 1. The monoisotopic (exact) mass is 320 g/mol. The maximum absolute atomic E-state index is 12.1. The predicted octanol–water partition coefficient (Wildman–Crippen LogP) is 3.30. The van der Waals surface area contributed by atoms with E-state index in [4.69, 9.17) is 5.73 Å². The van der Waals surface area contributed by atoms with Crippen LogP contribution in [0.4, 0.5) is 11.4 Å². The molecule has 1 amide bonds. The zero-order valence-electron chi connectivity index (χ0n) is 10.3. The molecule has 2 aromatic carbocycles. The Labute approximate surface area is 119 Å². The van der Waals surface area contributed by atoms with Crippen LogP contribution in [0.15, 0.2) is 40.9 Å². The Morgan fingerprint density at radius 3 is 2.68 bits per heavy atom. The first-order valence-corrected chi connectivity index (χ1v) is 6.43. The van der Waals surface area contributed by atoms with Crippen LogP contribution in [-0.2, 0) is 0 Å². The maximum atomic E-state index is 12.1. The summed E-state index contributed by atoms with van der Waals surface area (Å²) in [6, 6.07) is 10.0. The fourth-order valence-electron chi connectivity index (χ4n) is 1.70. The Bertz CT molecular complexity index is 621. The van der Waals surface area contributed by atoms with Gasteiger partial charge in [-0.05, 0) is 52.7 Å². The molecule has 0 heterocycles. The van der Waals surface area contributed by atoms with Crippen molar-refractivity contribution in [3.8, 4) is 5.75 Å². The van der Waals surface area contributed by atoms with E-state index in [-0.39, 0.29) is 11.7 Å². The number of nitrogens with two attached hydrogens (primary N) is 1. The van der Waals surface area contributed by atoms with E-state index < -0.39 is 0 Å². The highest BCUT2D eigenvalue weighted by Gasteiger charge is 2.11. The quantitative estimate of drug-likeness (QED) is 0.743. The number of rotatable bonds is 2. The van der Waals surface area contributed by atoms with Crippen LogP contribution in [0.5, 0.6) is 5.75 Å². The highest BCUT2D eigenvalue weighted by Crippen LogP contribution is 2.26. The van der Waals surface area contributed by atoms with Crippen molar-refractivity contribution in [2.24, 2.45) is 0 Å². The second kappa shape index (κ2) is 5.32. The molecule has 0 unspecified atom stereocenters. The van der Waals surface area contributed by atoms with E-state index in [2.05, 4.69) is 21.2 Å². The zero-order valence-corrected chi connectivity index (χ0v) is 11.9. The summed E-state index contributed by atoms with van der Waals surface area (Å²) in [7, 11) is 0. The van der Waals surface area contributed by atoms with E-state index in [0.29, 0.717) is 21.4 Å². The lowest BCUT2D eigenvalue weighted by atomic mass is 10.1. The van der Waals surface area contributed by atoms with E-state index in [1.54, 1.807) is 18.2 Å². The number of aromatic hydroxyl groups is 1. The van der Waals surface area contributed by atoms with Gasteiger partial charge in [-0.3, -0.25) is 4.79 Å². The Morgan fingerprint density at radius 2 is 2.05 bits per heavy atom. The number of carbonyl (C=O) groups excluding carboxylic acids is 1. The zero-order chi connectivity index (χ0) is 14.0. The van der Waals surface area contributed by atoms with E-state index in [1.165, 1.54) is 6.07 Å². The molecule has 0 bridgehead atoms. The number of benzene rings is 2. The van der Waals surface area contributed by atoms with Gasteiger partial charge in [0, 0.05) is 5.56 Å². The second-order valence-corrected chi connectivity index (χ2v) is 5.01. The first-order chi connectivity index (χ1) is 8.99. The van der Waals surface area contributed by atoms with Gasteiger partial charge in [-0.2, -0.15) is 0 Å². The minimum atomic E-state index is -0.316. The Kier molecular flexibility index (Phi) is 3.76. The minimum Gasteiger partial charge on any atom is -0.507 e. The number of nitrogen functional groups attached to an aromatic ring is 1. The van der Waals surface area contributed by atoms with Crippen molar-refractivity contribution in [3.05, 3.63) is 52.0 Å². The molecule has 98 valence electrons. The summed E-state index contributed by atoms with van der Waals surface area (Å²) in [5.41, 5.74) is 8.18. The molecule has 0 aliphatic carbocycles. The number of hydrogen-bond acceptors (Lipinski definition) is 3. The number of halogens is 1. The predicted molar refractivity (Wildman–Crippen MR) is 79.4 cm³/mol. The van der Waals surface area contributed by atoms with Gasteiger partial charge in [-0.1, -0.05) is 12.1 Å². The van der Waals surface area contributed by atoms with Gasteiger partial charge in [0.1, 0.15) is 5.75 Å². The molecule has 0 radical (unpaired) electrons. The van der Waals surface area contributed by atoms with Gasteiger partial charge in [0.2, 0.25) is 0 Å². The van der Waals surface area contributed by atoms with Gasteiger partial charge in [-0.25, -0.2) is 0 Å². The van der Waals surface area contributed by atoms with Crippen LogP contribution in [0.2, 0.25) is 0 Å². The van der Waals surface area contributed by atoms with Crippen LogP contribution in [0.3, 0.4) is 0 Å². The summed E-state index contributed by atoms with van der Waals surface area (Å²) in [6.07, 6.45) is 0. The van der Waals surface area contributed by atoms with Crippen molar-refractivity contribution in [1.82, 2.24) is 0 Å². The molecule has 0 fully saturated rings. The molecule has 0 saturated heterocycles. The summed E-state index contributed by atoms with van der Waals surface area (Å²) >= 11 is 3.17. The van der Waals surface area contributed by atoms with Gasteiger partial charge in [0.05, 0.1) is 15.8 Å². The SMILES string of the molecule is Cc1cccc(N)c1NC(=O)c1ccc(Br)c(O)c1. The van der Waals surface area contributed by atoms with Crippen molar-refractivity contribution in [3.63, 3.8) is 0 Å². The molecule has 0 aliphatic heterocycles. The first-order valence-electron chi connectivity index (χ1n) is 5.64. The topological polar surface area (TPSA) is 75.3 Å². The average Bonchev–Trinajstić information content (AvgIpc) is 2.37. The first kappa shape index (κ1) is 13.4. The number of amides is 1. The summed E-state index contributed by atoms with van der Waals surface area (Å²) in [5.74, 6) is -0.297. The standard InChI is InChI=1S/C14H13BrN2O2/c1-8-3-2-4-11(16)13(8)17-14(19)9-5-6-10(15)12(18)7-9/h2-7,18H,16H2,1H3,(H,17,19). The Hall–Kier alpha value is -2.01. The lowest BCUT2D eigenvalue weighted by Crippen LogP contribution is -2.14. The van der Waals surface area contributed by atoms with Gasteiger partial charge in [-0.15, -0.1) is 0 Å². The van der Waals surface area contributed by atoms with Crippen molar-refractivity contribution < 1.29 is 9.90 Å². The molecule has 0 spiro atoms. The Morgan fingerprint density at radius 1 is 1.32 bits per heavy atom. The number of phenols is 1. The third kappa shape index (κ3) is 2.88. The molecule has 4 N–H and O–H groups in total. The molecule has 5 heteroatoms. The van der Waals surface area contributed by atoms with Crippen molar-refractivity contribution >= 4 is 33.2 Å². The van der Waals surface area contributed by atoms with E-state index >= 15 is 0 Å². The van der Waals surface area contributed by atoms with Crippen LogP contribution in [-0.4, -0.2) is 11.0 Å². The lowest BCUT2D eigenvalue weighted by molar-refractivity contribution is 0.102. The van der Waals surface area contributed by atoms with E-state index in [1.807, 2.05) is 19.1 Å². The number of carbonyl (C=O) groups is 1. The molecule has 2 rings (SSSR count). The summed E-state index contributed by atoms with van der Waals surface area (Å²) in [4.78, 5) is 12.1. The number of hydrogen-bond donors (Lipinski definition) is 3. The van der Waals surface area contributed by atoms with Gasteiger partial charge in [0.15, 0.2) is 0 Å². The van der Waals surface area contributed by atoms with Gasteiger partial charge >= 0.3 is 0 Å². The van der Waals surface area contributed by atoms with E-state index in [0.717, 1.165) is 5.56 Å². The highest BCUT2D eigenvalue weighted by atomic mass is 79.9. The lowest BCUT2D eigenvalue weighted by Gasteiger charge is -2.11. The fourth-order valence-corrected chi connectivity index (χ4v) is 1.95. The molecular weight excluding hydrogens is 308 g/mol. The van der Waals surface area contributed by atoms with E-state index in [9.17, 15) is 9.90 Å². The number of nitrogens with one attached hydrogen (secondary N) is 1. The second-order valence-electron chi connectivity index (χ2n) is 4.16.